The van der Waals surface area contributed by atoms with Gasteiger partial charge in [0, 0.05) is 11.3 Å². The molecule has 0 aliphatic rings. The Morgan fingerprint density at radius 2 is 1.63 bits per heavy atom. The van der Waals surface area contributed by atoms with Gasteiger partial charge in [-0.25, -0.2) is 13.8 Å². The Kier molecular flexibility index (Phi) is 6.82. The lowest BCUT2D eigenvalue weighted by atomic mass is 10.2. The van der Waals surface area contributed by atoms with Gasteiger partial charge in [0.15, 0.2) is 0 Å². The lowest BCUT2D eigenvalue weighted by molar-refractivity contribution is 0.0955. The molecule has 0 radical (unpaired) electrons. The fourth-order valence-electron chi connectivity index (χ4n) is 2.55. The fourth-order valence-corrected chi connectivity index (χ4v) is 3.63. The number of nitrogens with zero attached hydrogens (tertiary/aromatic N) is 1. The van der Waals surface area contributed by atoms with Crippen LogP contribution in [0, 0.1) is 0 Å². The van der Waals surface area contributed by atoms with Gasteiger partial charge < -0.3 is 4.74 Å². The van der Waals surface area contributed by atoms with Crippen LogP contribution in [0.2, 0.25) is 0 Å². The molecule has 0 bridgehead atoms. The largest absolute Gasteiger partial charge is 0.494 e. The normalized spacial score (nSPS) is 11.2. The van der Waals surface area contributed by atoms with E-state index in [1.165, 1.54) is 42.6 Å². The van der Waals surface area contributed by atoms with Gasteiger partial charge in [0.2, 0.25) is 0 Å². The van der Waals surface area contributed by atoms with Gasteiger partial charge in [-0.05, 0) is 73.2 Å². The fraction of sp³-hybridized carbons (Fsp3) is 0.0909. The summed E-state index contributed by atoms with van der Waals surface area (Å²) in [4.78, 5) is 12.4. The van der Waals surface area contributed by atoms with Crippen LogP contribution in [0.15, 0.2) is 88.9 Å². The van der Waals surface area contributed by atoms with Crippen molar-refractivity contribution < 1.29 is 17.9 Å². The first-order valence-electron chi connectivity index (χ1n) is 9.22. The van der Waals surface area contributed by atoms with E-state index in [1.54, 1.807) is 18.2 Å². The molecule has 0 heterocycles. The van der Waals surface area contributed by atoms with Gasteiger partial charge in [0.1, 0.15) is 5.75 Å². The minimum absolute atomic E-state index is 0.162. The van der Waals surface area contributed by atoms with E-state index in [1.807, 2.05) is 31.2 Å². The molecule has 0 fully saturated rings. The van der Waals surface area contributed by atoms with Crippen molar-refractivity contribution in [3.8, 4) is 5.75 Å². The molecule has 0 spiro atoms. The van der Waals surface area contributed by atoms with E-state index >= 15 is 0 Å². The summed E-state index contributed by atoms with van der Waals surface area (Å²) in [5.74, 6) is 0.358. The highest BCUT2D eigenvalue weighted by Gasteiger charge is 2.13. The van der Waals surface area contributed by atoms with Gasteiger partial charge in [0.25, 0.3) is 15.9 Å². The molecular formula is C22H21N3O4S. The molecule has 8 heteroatoms. The lowest BCUT2D eigenvalue weighted by Gasteiger charge is -2.08. The molecule has 154 valence electrons. The van der Waals surface area contributed by atoms with Crippen LogP contribution < -0.4 is 14.9 Å². The maximum Gasteiger partial charge on any atom is 0.271 e. The smallest absolute Gasteiger partial charge is 0.271 e. The third kappa shape index (κ3) is 5.68. The van der Waals surface area contributed by atoms with Crippen LogP contribution in [-0.2, 0) is 10.0 Å². The van der Waals surface area contributed by atoms with Gasteiger partial charge in [-0.3, -0.25) is 9.52 Å². The maximum atomic E-state index is 12.3. The van der Waals surface area contributed by atoms with E-state index in [4.69, 9.17) is 4.74 Å². The monoisotopic (exact) mass is 423 g/mol. The SMILES string of the molecule is CCOc1ccc(/C=N\NC(=O)c2ccc(NS(=O)(=O)c3ccccc3)cc2)cc1. The summed E-state index contributed by atoms with van der Waals surface area (Å²) in [5.41, 5.74) is 3.95. The minimum atomic E-state index is -3.68. The Balaban J connectivity index is 1.58. The van der Waals surface area contributed by atoms with Crippen molar-refractivity contribution in [3.63, 3.8) is 0 Å². The molecule has 3 aromatic rings. The van der Waals surface area contributed by atoms with E-state index in [-0.39, 0.29) is 4.90 Å². The van der Waals surface area contributed by atoms with Crippen LogP contribution in [0.5, 0.6) is 5.75 Å². The van der Waals surface area contributed by atoms with Crippen LogP contribution in [0.4, 0.5) is 5.69 Å². The van der Waals surface area contributed by atoms with E-state index < -0.39 is 15.9 Å². The van der Waals surface area contributed by atoms with Crippen LogP contribution in [-0.4, -0.2) is 27.1 Å². The Morgan fingerprint density at radius 1 is 0.967 bits per heavy atom. The second kappa shape index (κ2) is 9.71. The first-order chi connectivity index (χ1) is 14.5. The summed E-state index contributed by atoms with van der Waals surface area (Å²) in [6.45, 7) is 2.51. The highest BCUT2D eigenvalue weighted by atomic mass is 32.2. The van der Waals surface area contributed by atoms with Crippen molar-refractivity contribution in [1.82, 2.24) is 5.43 Å². The van der Waals surface area contributed by atoms with Crippen molar-refractivity contribution in [2.75, 3.05) is 11.3 Å². The Hall–Kier alpha value is -3.65. The highest BCUT2D eigenvalue weighted by Crippen LogP contribution is 2.16. The lowest BCUT2D eigenvalue weighted by Crippen LogP contribution is -2.18. The van der Waals surface area contributed by atoms with E-state index in [9.17, 15) is 13.2 Å². The average molecular weight is 423 g/mol. The zero-order valence-electron chi connectivity index (χ0n) is 16.3. The van der Waals surface area contributed by atoms with Crippen LogP contribution in [0.1, 0.15) is 22.8 Å². The molecule has 3 aromatic carbocycles. The number of anilines is 1. The minimum Gasteiger partial charge on any atom is -0.494 e. The third-order valence-corrected chi connectivity index (χ3v) is 5.42. The number of hydrogen-bond acceptors (Lipinski definition) is 5. The van der Waals surface area contributed by atoms with Crippen molar-refractivity contribution >= 4 is 27.8 Å². The Morgan fingerprint density at radius 3 is 2.27 bits per heavy atom. The first-order valence-corrected chi connectivity index (χ1v) is 10.7. The zero-order chi connectivity index (χ0) is 21.4. The molecule has 30 heavy (non-hydrogen) atoms. The van der Waals surface area contributed by atoms with Gasteiger partial charge in [-0.2, -0.15) is 5.10 Å². The number of rotatable bonds is 8. The summed E-state index contributed by atoms with van der Waals surface area (Å²) in [6, 6.07) is 21.4. The molecule has 0 atom stereocenters. The molecule has 0 saturated heterocycles. The topological polar surface area (TPSA) is 96.9 Å². The number of carbonyl (C=O) groups is 1. The van der Waals surface area contributed by atoms with Crippen LogP contribution in [0.3, 0.4) is 0 Å². The highest BCUT2D eigenvalue weighted by molar-refractivity contribution is 7.92. The average Bonchev–Trinajstić information content (AvgIpc) is 2.76. The summed E-state index contributed by atoms with van der Waals surface area (Å²) < 4.78 is 32.5. The molecular weight excluding hydrogens is 402 g/mol. The quantitative estimate of drug-likeness (QED) is 0.427. The summed E-state index contributed by atoms with van der Waals surface area (Å²) in [7, 11) is -3.68. The molecule has 1 amide bonds. The molecule has 7 nitrogen and oxygen atoms in total. The number of sulfonamides is 1. The number of carbonyl (C=O) groups excluding carboxylic acids is 1. The van der Waals surface area contributed by atoms with E-state index in [0.29, 0.717) is 17.9 Å². The maximum absolute atomic E-state index is 12.3. The number of ether oxygens (including phenoxy) is 1. The number of nitrogens with one attached hydrogen (secondary N) is 2. The van der Waals surface area contributed by atoms with Crippen molar-refractivity contribution in [1.29, 1.82) is 0 Å². The molecule has 0 saturated carbocycles. The van der Waals surface area contributed by atoms with Gasteiger partial charge in [-0.1, -0.05) is 18.2 Å². The second-order valence-electron chi connectivity index (χ2n) is 6.20. The summed E-state index contributed by atoms with van der Waals surface area (Å²) >= 11 is 0. The second-order valence-corrected chi connectivity index (χ2v) is 7.88. The molecule has 0 aromatic heterocycles. The Bertz CT molecular complexity index is 1110. The molecule has 0 aliphatic heterocycles. The van der Waals surface area contributed by atoms with Gasteiger partial charge in [-0.15, -0.1) is 0 Å². The van der Waals surface area contributed by atoms with E-state index in [0.717, 1.165) is 11.3 Å². The van der Waals surface area contributed by atoms with Crippen molar-refractivity contribution in [2.45, 2.75) is 11.8 Å². The third-order valence-electron chi connectivity index (χ3n) is 4.02. The first kappa shape index (κ1) is 21.1. The van der Waals surface area contributed by atoms with Crippen molar-refractivity contribution in [2.24, 2.45) is 5.10 Å². The molecule has 2 N–H and O–H groups in total. The van der Waals surface area contributed by atoms with Crippen LogP contribution >= 0.6 is 0 Å². The van der Waals surface area contributed by atoms with Crippen molar-refractivity contribution in [3.05, 3.63) is 90.0 Å². The molecule has 0 unspecified atom stereocenters. The predicted octanol–water partition coefficient (Wildman–Crippen LogP) is 3.65. The predicted molar refractivity (Wildman–Crippen MR) is 116 cm³/mol. The summed E-state index contributed by atoms with van der Waals surface area (Å²) in [6.07, 6.45) is 1.52. The van der Waals surface area contributed by atoms with Gasteiger partial charge in [0.05, 0.1) is 17.7 Å². The number of hydrazone groups is 1. The van der Waals surface area contributed by atoms with E-state index in [2.05, 4.69) is 15.2 Å². The standard InChI is InChI=1S/C22H21N3O4S/c1-2-29-20-14-8-17(9-15-20)16-23-24-22(26)18-10-12-19(13-11-18)25-30(27,28)21-6-4-3-5-7-21/h3-16,25H,2H2,1H3,(H,24,26)/b23-16-. The summed E-state index contributed by atoms with van der Waals surface area (Å²) in [5, 5.41) is 3.94. The Labute approximate surface area is 175 Å². The molecule has 0 aliphatic carbocycles. The number of amides is 1. The number of benzene rings is 3. The zero-order valence-corrected chi connectivity index (χ0v) is 17.1. The molecule has 3 rings (SSSR count). The van der Waals surface area contributed by atoms with Gasteiger partial charge >= 0.3 is 0 Å². The number of hydrogen-bond donors (Lipinski definition) is 2. The van der Waals surface area contributed by atoms with Crippen LogP contribution in [0.25, 0.3) is 0 Å².